The molecule has 2 aromatic heterocycles. The van der Waals surface area contributed by atoms with Crippen molar-refractivity contribution < 1.29 is 17.7 Å². The zero-order valence-electron chi connectivity index (χ0n) is 17.0. The number of carbonyl (C=O) groups is 1. The number of amides is 1. The topological polar surface area (TPSA) is 107 Å². The smallest absolute Gasteiger partial charge is 0.279 e. The number of benzene rings is 2. The number of sulfone groups is 1. The largest absolute Gasteiger partial charge is 0.355 e. The minimum absolute atomic E-state index is 0.00606. The van der Waals surface area contributed by atoms with E-state index in [2.05, 4.69) is 15.6 Å². The Morgan fingerprint density at radius 2 is 1.69 bits per heavy atom. The summed E-state index contributed by atoms with van der Waals surface area (Å²) >= 11 is 0. The van der Waals surface area contributed by atoms with E-state index in [0.29, 0.717) is 23.7 Å². The number of nitrogens with zero attached hydrogens (tertiary/aromatic N) is 3. The Morgan fingerprint density at radius 3 is 2.34 bits per heavy atom. The van der Waals surface area contributed by atoms with E-state index in [4.69, 9.17) is 4.52 Å². The van der Waals surface area contributed by atoms with Crippen LogP contribution in [0.2, 0.25) is 0 Å². The van der Waals surface area contributed by atoms with Crippen molar-refractivity contribution in [3.63, 3.8) is 0 Å². The van der Waals surface area contributed by atoms with Crippen LogP contribution in [-0.2, 0) is 9.84 Å². The Balaban J connectivity index is 1.45. The van der Waals surface area contributed by atoms with Gasteiger partial charge < -0.3 is 9.84 Å². The third-order valence-corrected chi connectivity index (χ3v) is 7.15. The van der Waals surface area contributed by atoms with Crippen molar-refractivity contribution in [2.24, 2.45) is 0 Å². The van der Waals surface area contributed by atoms with Crippen molar-refractivity contribution in [1.29, 1.82) is 0 Å². The number of aromatic nitrogens is 3. The normalized spacial score (nSPS) is 17.3. The lowest BCUT2D eigenvalue weighted by atomic mass is 10.1. The van der Waals surface area contributed by atoms with Crippen molar-refractivity contribution in [2.75, 3.05) is 16.8 Å². The van der Waals surface area contributed by atoms with E-state index >= 15 is 0 Å². The van der Waals surface area contributed by atoms with Gasteiger partial charge in [-0.1, -0.05) is 65.8 Å². The molecule has 3 heterocycles. The number of rotatable bonds is 5. The van der Waals surface area contributed by atoms with Crippen LogP contribution >= 0.6 is 0 Å². The number of nitrogens with one attached hydrogen (secondary N) is 1. The van der Waals surface area contributed by atoms with E-state index in [9.17, 15) is 13.2 Å². The molecule has 9 heteroatoms. The SMILES string of the molecule is O=C(Nc1cc(-c2ccccc2)nn1[C@@H]1CCS(=O)(=O)C1)c1cc(-c2ccccc2)on1. The van der Waals surface area contributed by atoms with Crippen molar-refractivity contribution in [1.82, 2.24) is 14.9 Å². The highest BCUT2D eigenvalue weighted by atomic mass is 32.2. The van der Waals surface area contributed by atoms with E-state index in [-0.39, 0.29) is 23.2 Å². The maximum absolute atomic E-state index is 12.9. The molecule has 1 aliphatic rings. The molecule has 8 nitrogen and oxygen atoms in total. The van der Waals surface area contributed by atoms with Gasteiger partial charge in [0, 0.05) is 23.3 Å². The highest BCUT2D eigenvalue weighted by molar-refractivity contribution is 7.91. The summed E-state index contributed by atoms with van der Waals surface area (Å²) in [6.45, 7) is 0. The Labute approximate surface area is 184 Å². The lowest BCUT2D eigenvalue weighted by Gasteiger charge is -2.13. The first-order chi connectivity index (χ1) is 15.5. The summed E-state index contributed by atoms with van der Waals surface area (Å²) in [5.41, 5.74) is 2.45. The molecule has 5 rings (SSSR count). The molecule has 1 N–H and O–H groups in total. The van der Waals surface area contributed by atoms with Gasteiger partial charge in [-0.2, -0.15) is 5.10 Å². The molecule has 0 unspecified atom stereocenters. The molecule has 1 saturated heterocycles. The van der Waals surface area contributed by atoms with Crippen LogP contribution < -0.4 is 5.32 Å². The highest BCUT2D eigenvalue weighted by Gasteiger charge is 2.32. The lowest BCUT2D eigenvalue weighted by molar-refractivity contribution is 0.101. The van der Waals surface area contributed by atoms with Gasteiger partial charge in [-0.25, -0.2) is 13.1 Å². The average Bonchev–Trinajstić information content (AvgIpc) is 3.53. The fourth-order valence-electron chi connectivity index (χ4n) is 3.79. The molecule has 32 heavy (non-hydrogen) atoms. The molecule has 1 aliphatic heterocycles. The highest BCUT2D eigenvalue weighted by Crippen LogP contribution is 2.30. The Bertz CT molecular complexity index is 1360. The predicted octanol–water partition coefficient (Wildman–Crippen LogP) is 3.82. The average molecular weight is 449 g/mol. The summed E-state index contributed by atoms with van der Waals surface area (Å²) in [5, 5.41) is 11.3. The van der Waals surface area contributed by atoms with Crippen molar-refractivity contribution >= 4 is 21.6 Å². The summed E-state index contributed by atoms with van der Waals surface area (Å²) in [7, 11) is -3.12. The van der Waals surface area contributed by atoms with Gasteiger partial charge in [0.25, 0.3) is 5.91 Å². The van der Waals surface area contributed by atoms with E-state index < -0.39 is 15.7 Å². The summed E-state index contributed by atoms with van der Waals surface area (Å²) in [5.74, 6) is 0.539. The fraction of sp³-hybridized carbons (Fsp3) is 0.174. The van der Waals surface area contributed by atoms with Gasteiger partial charge in [0.2, 0.25) is 0 Å². The van der Waals surface area contributed by atoms with Crippen LogP contribution in [0.1, 0.15) is 23.0 Å². The number of hydrogen-bond donors (Lipinski definition) is 1. The molecular formula is C23H20N4O4S. The summed E-state index contributed by atoms with van der Waals surface area (Å²) < 4.78 is 31.0. The maximum Gasteiger partial charge on any atom is 0.279 e. The molecule has 1 fully saturated rings. The third kappa shape index (κ3) is 4.06. The van der Waals surface area contributed by atoms with E-state index in [1.54, 1.807) is 16.8 Å². The molecule has 0 spiro atoms. The molecule has 0 aliphatic carbocycles. The minimum Gasteiger partial charge on any atom is -0.355 e. The van der Waals surface area contributed by atoms with Gasteiger partial charge in [-0.3, -0.25) is 4.79 Å². The molecule has 162 valence electrons. The molecular weight excluding hydrogens is 428 g/mol. The van der Waals surface area contributed by atoms with E-state index in [1.165, 1.54) is 0 Å². The molecule has 0 radical (unpaired) electrons. The van der Waals surface area contributed by atoms with Gasteiger partial charge in [0.05, 0.1) is 23.2 Å². The Morgan fingerprint density at radius 1 is 1.00 bits per heavy atom. The van der Waals surface area contributed by atoms with Crippen molar-refractivity contribution in [2.45, 2.75) is 12.5 Å². The first-order valence-electron chi connectivity index (χ1n) is 10.2. The van der Waals surface area contributed by atoms with E-state index in [1.807, 2.05) is 60.7 Å². The second-order valence-corrected chi connectivity index (χ2v) is 9.91. The van der Waals surface area contributed by atoms with Crippen LogP contribution in [0.4, 0.5) is 5.82 Å². The van der Waals surface area contributed by atoms with Crippen molar-refractivity contribution in [3.8, 4) is 22.6 Å². The van der Waals surface area contributed by atoms with Gasteiger partial charge in [-0.15, -0.1) is 0 Å². The standard InChI is InChI=1S/C23H20N4O4S/c28-23(20-13-21(31-26-20)17-9-5-2-6-10-17)24-22-14-19(16-7-3-1-4-8-16)25-27(22)18-11-12-32(29,30)15-18/h1-10,13-14,18H,11-12,15H2,(H,24,28)/t18-/m1/s1. The summed E-state index contributed by atoms with van der Waals surface area (Å²) in [6, 6.07) is 21.9. The molecule has 4 aromatic rings. The van der Waals surface area contributed by atoms with Crippen LogP contribution in [-0.4, -0.2) is 40.8 Å². The van der Waals surface area contributed by atoms with E-state index in [0.717, 1.165) is 11.1 Å². The molecule has 0 bridgehead atoms. The second kappa shape index (κ2) is 8.08. The second-order valence-electron chi connectivity index (χ2n) is 7.68. The number of hydrogen-bond acceptors (Lipinski definition) is 6. The predicted molar refractivity (Wildman–Crippen MR) is 120 cm³/mol. The zero-order valence-corrected chi connectivity index (χ0v) is 17.8. The van der Waals surface area contributed by atoms with Gasteiger partial charge in [0.15, 0.2) is 21.3 Å². The minimum atomic E-state index is -3.12. The zero-order chi connectivity index (χ0) is 22.1. The summed E-state index contributed by atoms with van der Waals surface area (Å²) in [6.07, 6.45) is 0.448. The monoisotopic (exact) mass is 448 g/mol. The maximum atomic E-state index is 12.9. The quantitative estimate of drug-likeness (QED) is 0.497. The van der Waals surface area contributed by atoms with Gasteiger partial charge in [-0.05, 0) is 6.42 Å². The van der Waals surface area contributed by atoms with Crippen LogP contribution in [0.25, 0.3) is 22.6 Å². The number of carbonyl (C=O) groups excluding carboxylic acids is 1. The van der Waals surface area contributed by atoms with Crippen LogP contribution in [0.5, 0.6) is 0 Å². The van der Waals surface area contributed by atoms with Crippen LogP contribution in [0.15, 0.2) is 77.3 Å². The van der Waals surface area contributed by atoms with Gasteiger partial charge in [0.1, 0.15) is 5.82 Å². The first-order valence-corrected chi connectivity index (χ1v) is 12.0. The number of anilines is 1. The summed E-state index contributed by atoms with van der Waals surface area (Å²) in [4.78, 5) is 12.9. The Kier molecular flexibility index (Phi) is 5.10. The fourth-order valence-corrected chi connectivity index (χ4v) is 5.48. The van der Waals surface area contributed by atoms with Crippen LogP contribution in [0, 0.1) is 0 Å². The molecule has 0 saturated carbocycles. The molecule has 1 atom stereocenters. The van der Waals surface area contributed by atoms with Gasteiger partial charge >= 0.3 is 0 Å². The Hall–Kier alpha value is -3.72. The van der Waals surface area contributed by atoms with Crippen LogP contribution in [0.3, 0.4) is 0 Å². The molecule has 1 amide bonds. The lowest BCUT2D eigenvalue weighted by Crippen LogP contribution is -2.19. The first kappa shape index (κ1) is 20.2. The molecule has 2 aromatic carbocycles. The van der Waals surface area contributed by atoms with Crippen molar-refractivity contribution in [3.05, 3.63) is 78.5 Å². The third-order valence-electron chi connectivity index (χ3n) is 5.40.